The van der Waals surface area contributed by atoms with Crippen molar-refractivity contribution >= 4 is 29.4 Å². The average Bonchev–Trinajstić information content (AvgIpc) is 2.78. The Labute approximate surface area is 206 Å². The molecule has 35 heavy (non-hydrogen) atoms. The minimum absolute atomic E-state index is 0.276. The van der Waals surface area contributed by atoms with Gasteiger partial charge in [0.25, 0.3) is 0 Å². The van der Waals surface area contributed by atoms with Crippen molar-refractivity contribution in [3.8, 4) is 0 Å². The van der Waals surface area contributed by atoms with Gasteiger partial charge in [0.05, 0.1) is 17.7 Å². The van der Waals surface area contributed by atoms with E-state index in [2.05, 4.69) is 16.0 Å². The number of urea groups is 2. The van der Waals surface area contributed by atoms with E-state index >= 15 is 0 Å². The Bertz CT molecular complexity index is 1140. The maximum absolute atomic E-state index is 13.1. The molecule has 0 radical (unpaired) electrons. The zero-order valence-electron chi connectivity index (χ0n) is 21.2. The number of hydrogen-bond acceptors (Lipinski definition) is 4. The first-order valence-electron chi connectivity index (χ1n) is 11.9. The van der Waals surface area contributed by atoms with E-state index in [4.69, 9.17) is 4.74 Å². The van der Waals surface area contributed by atoms with Crippen LogP contribution in [0.3, 0.4) is 0 Å². The number of nitrogens with one attached hydrogen (secondary N) is 3. The summed E-state index contributed by atoms with van der Waals surface area (Å²) in [5.74, 6) is -0.477. The SMILES string of the molecule is CCCN1C(=O)NC(c2cccc(NC(=O)Nc3c(C)cccc3C)c2)C(C(=O)OC(C)C)=C1C. The lowest BCUT2D eigenvalue weighted by Crippen LogP contribution is -2.48. The van der Waals surface area contributed by atoms with Crippen LogP contribution in [0.25, 0.3) is 0 Å². The van der Waals surface area contributed by atoms with Gasteiger partial charge < -0.3 is 20.7 Å². The molecule has 1 atom stereocenters. The zero-order valence-corrected chi connectivity index (χ0v) is 21.2. The van der Waals surface area contributed by atoms with E-state index in [9.17, 15) is 14.4 Å². The molecule has 8 heteroatoms. The molecule has 0 saturated carbocycles. The molecule has 0 bridgehead atoms. The number of nitrogens with zero attached hydrogens (tertiary/aromatic N) is 1. The molecular formula is C27H34N4O4. The zero-order chi connectivity index (χ0) is 25.7. The molecule has 4 amide bonds. The van der Waals surface area contributed by atoms with Crippen LogP contribution in [0.1, 0.15) is 56.8 Å². The minimum atomic E-state index is -0.703. The van der Waals surface area contributed by atoms with Crippen LogP contribution in [-0.4, -0.2) is 35.6 Å². The first-order valence-corrected chi connectivity index (χ1v) is 11.9. The molecule has 186 valence electrons. The lowest BCUT2D eigenvalue weighted by atomic mass is 9.94. The van der Waals surface area contributed by atoms with Gasteiger partial charge in [0.1, 0.15) is 0 Å². The summed E-state index contributed by atoms with van der Waals surface area (Å²) in [5, 5.41) is 8.68. The lowest BCUT2D eigenvalue weighted by molar-refractivity contribution is -0.143. The van der Waals surface area contributed by atoms with Crippen molar-refractivity contribution in [3.63, 3.8) is 0 Å². The largest absolute Gasteiger partial charge is 0.459 e. The van der Waals surface area contributed by atoms with Crippen molar-refractivity contribution in [1.82, 2.24) is 10.2 Å². The van der Waals surface area contributed by atoms with Gasteiger partial charge in [-0.3, -0.25) is 4.90 Å². The van der Waals surface area contributed by atoms with E-state index in [1.807, 2.05) is 45.0 Å². The number of carbonyl (C=O) groups is 3. The van der Waals surface area contributed by atoms with Gasteiger partial charge in [0.2, 0.25) is 0 Å². The highest BCUT2D eigenvalue weighted by atomic mass is 16.5. The van der Waals surface area contributed by atoms with Crippen LogP contribution in [0, 0.1) is 13.8 Å². The molecule has 3 N–H and O–H groups in total. The van der Waals surface area contributed by atoms with Gasteiger partial charge in [-0.2, -0.15) is 0 Å². The molecule has 0 spiro atoms. The number of allylic oxidation sites excluding steroid dienone is 1. The first-order chi connectivity index (χ1) is 16.6. The van der Waals surface area contributed by atoms with E-state index in [-0.39, 0.29) is 18.2 Å². The molecule has 0 aromatic heterocycles. The molecule has 0 saturated heterocycles. The summed E-state index contributed by atoms with van der Waals surface area (Å²) in [6.45, 7) is 11.7. The third kappa shape index (κ3) is 6.01. The molecule has 1 aliphatic heterocycles. The van der Waals surface area contributed by atoms with E-state index in [1.165, 1.54) is 0 Å². The van der Waals surface area contributed by atoms with Crippen molar-refractivity contribution in [2.45, 2.75) is 60.1 Å². The number of anilines is 2. The van der Waals surface area contributed by atoms with Gasteiger partial charge in [-0.25, -0.2) is 14.4 Å². The molecule has 1 unspecified atom stereocenters. The predicted octanol–water partition coefficient (Wildman–Crippen LogP) is 5.65. The van der Waals surface area contributed by atoms with Crippen molar-refractivity contribution in [1.29, 1.82) is 0 Å². The van der Waals surface area contributed by atoms with Crippen LogP contribution < -0.4 is 16.0 Å². The first kappa shape index (κ1) is 25.8. The second-order valence-corrected chi connectivity index (χ2v) is 8.96. The van der Waals surface area contributed by atoms with Crippen LogP contribution in [0.2, 0.25) is 0 Å². The Morgan fingerprint density at radius 3 is 2.34 bits per heavy atom. The number of aryl methyl sites for hydroxylation is 2. The number of ether oxygens (including phenoxy) is 1. The van der Waals surface area contributed by atoms with Crippen molar-refractivity contribution in [2.75, 3.05) is 17.2 Å². The van der Waals surface area contributed by atoms with E-state index in [1.54, 1.807) is 43.9 Å². The maximum atomic E-state index is 13.1. The van der Waals surface area contributed by atoms with Gasteiger partial charge >= 0.3 is 18.0 Å². The van der Waals surface area contributed by atoms with Gasteiger partial charge in [0.15, 0.2) is 0 Å². The molecule has 0 fully saturated rings. The molecule has 8 nitrogen and oxygen atoms in total. The summed E-state index contributed by atoms with van der Waals surface area (Å²) >= 11 is 0. The maximum Gasteiger partial charge on any atom is 0.338 e. The van der Waals surface area contributed by atoms with E-state index < -0.39 is 12.0 Å². The Balaban J connectivity index is 1.90. The number of carbonyl (C=O) groups excluding carboxylic acids is 3. The Kier molecular flexibility index (Phi) is 8.17. The summed E-state index contributed by atoms with van der Waals surface area (Å²) in [5.41, 5.74) is 4.82. The number of benzene rings is 2. The summed E-state index contributed by atoms with van der Waals surface area (Å²) < 4.78 is 5.50. The monoisotopic (exact) mass is 478 g/mol. The van der Waals surface area contributed by atoms with Gasteiger partial charge in [-0.15, -0.1) is 0 Å². The van der Waals surface area contributed by atoms with Gasteiger partial charge in [0, 0.05) is 23.6 Å². The number of esters is 1. The van der Waals surface area contributed by atoms with E-state index in [0.717, 1.165) is 23.2 Å². The van der Waals surface area contributed by atoms with Gasteiger partial charge in [-0.1, -0.05) is 37.3 Å². The molecule has 2 aromatic rings. The second kappa shape index (κ2) is 11.1. The van der Waals surface area contributed by atoms with Crippen molar-refractivity contribution in [3.05, 3.63) is 70.4 Å². The molecule has 1 heterocycles. The second-order valence-electron chi connectivity index (χ2n) is 8.96. The van der Waals surface area contributed by atoms with Crippen LogP contribution in [0.15, 0.2) is 53.7 Å². The van der Waals surface area contributed by atoms with Crippen LogP contribution >= 0.6 is 0 Å². The molecular weight excluding hydrogens is 444 g/mol. The van der Waals surface area contributed by atoms with Crippen molar-refractivity contribution in [2.24, 2.45) is 0 Å². The lowest BCUT2D eigenvalue weighted by Gasteiger charge is -2.35. The van der Waals surface area contributed by atoms with Crippen LogP contribution in [0.4, 0.5) is 21.0 Å². The van der Waals surface area contributed by atoms with E-state index in [0.29, 0.717) is 29.1 Å². The highest BCUT2D eigenvalue weighted by Gasteiger charge is 2.36. The van der Waals surface area contributed by atoms with Gasteiger partial charge in [-0.05, 0) is 69.9 Å². The summed E-state index contributed by atoms with van der Waals surface area (Å²) in [6, 6.07) is 11.5. The average molecular weight is 479 g/mol. The van der Waals surface area contributed by atoms with Crippen LogP contribution in [0.5, 0.6) is 0 Å². The number of para-hydroxylation sites is 1. The fourth-order valence-electron chi connectivity index (χ4n) is 4.15. The fourth-order valence-corrected chi connectivity index (χ4v) is 4.15. The Hall–Kier alpha value is -3.81. The molecule has 1 aliphatic rings. The number of amides is 4. The highest BCUT2D eigenvalue weighted by Crippen LogP contribution is 2.33. The summed E-state index contributed by atoms with van der Waals surface area (Å²) in [6.07, 6.45) is 0.443. The third-order valence-electron chi connectivity index (χ3n) is 5.80. The molecule has 3 rings (SSSR count). The fraction of sp³-hybridized carbons (Fsp3) is 0.370. The smallest absolute Gasteiger partial charge is 0.338 e. The van der Waals surface area contributed by atoms with Crippen molar-refractivity contribution < 1.29 is 19.1 Å². The third-order valence-corrected chi connectivity index (χ3v) is 5.80. The predicted molar refractivity (Wildman–Crippen MR) is 137 cm³/mol. The van der Waals surface area contributed by atoms with Crippen LogP contribution in [-0.2, 0) is 9.53 Å². The number of rotatable bonds is 7. The number of hydrogen-bond donors (Lipinski definition) is 3. The highest BCUT2D eigenvalue weighted by molar-refractivity contribution is 6.01. The molecule has 2 aromatic carbocycles. The summed E-state index contributed by atoms with van der Waals surface area (Å²) in [4.78, 5) is 40.2. The molecule has 0 aliphatic carbocycles. The Morgan fingerprint density at radius 2 is 1.71 bits per heavy atom. The standard InChI is InChI=1S/C27H34N4O4/c1-7-14-31-19(6)22(25(32)35-16(2)3)24(30-27(31)34)20-12-9-13-21(15-20)28-26(33)29-23-17(4)10-8-11-18(23)5/h8-13,15-16,24H,7,14H2,1-6H3,(H,30,34)(H2,28,29,33). The topological polar surface area (TPSA) is 99.8 Å². The summed E-state index contributed by atoms with van der Waals surface area (Å²) in [7, 11) is 0. The minimum Gasteiger partial charge on any atom is -0.459 e. The normalized spacial score (nSPS) is 15.7. The Morgan fingerprint density at radius 1 is 1.06 bits per heavy atom. The quantitative estimate of drug-likeness (QED) is 0.448.